The van der Waals surface area contributed by atoms with Gasteiger partial charge in [0.2, 0.25) is 0 Å². The van der Waals surface area contributed by atoms with Crippen LogP contribution in [0.15, 0.2) is 0 Å². The topological polar surface area (TPSA) is 32.3 Å². The molecule has 1 N–H and O–H groups in total. The molecule has 0 aromatic rings. The molecule has 0 saturated carbocycles. The van der Waals surface area contributed by atoms with Crippen molar-refractivity contribution in [2.75, 3.05) is 19.6 Å². The van der Waals surface area contributed by atoms with Crippen molar-refractivity contribution in [3.63, 3.8) is 0 Å². The van der Waals surface area contributed by atoms with Gasteiger partial charge in [-0.15, -0.1) is 0 Å². The van der Waals surface area contributed by atoms with E-state index in [4.69, 9.17) is 0 Å². The van der Waals surface area contributed by atoms with Crippen LogP contribution in [0.3, 0.4) is 0 Å². The van der Waals surface area contributed by atoms with Gasteiger partial charge in [0, 0.05) is 19.1 Å². The fourth-order valence-electron chi connectivity index (χ4n) is 1.69. The van der Waals surface area contributed by atoms with Crippen LogP contribution in [0.2, 0.25) is 0 Å². The Hall–Kier alpha value is -0.780. The largest absolute Gasteiger partial charge is 0.471 e. The molecule has 3 nitrogen and oxygen atoms in total. The van der Waals surface area contributed by atoms with Crippen molar-refractivity contribution in [3.05, 3.63) is 0 Å². The van der Waals surface area contributed by atoms with E-state index in [0.29, 0.717) is 12.3 Å². The predicted octanol–water partition coefficient (Wildman–Crippen LogP) is 1.40. The zero-order chi connectivity index (χ0) is 12.3. The fourth-order valence-corrected chi connectivity index (χ4v) is 1.69. The van der Waals surface area contributed by atoms with Gasteiger partial charge < -0.3 is 10.2 Å². The molecule has 1 atom stereocenters. The summed E-state index contributed by atoms with van der Waals surface area (Å²) in [6.07, 6.45) is -4.15. The van der Waals surface area contributed by atoms with E-state index in [9.17, 15) is 18.0 Å². The molecule has 1 amide bonds. The van der Waals surface area contributed by atoms with Crippen molar-refractivity contribution < 1.29 is 18.0 Å². The molecule has 1 fully saturated rings. The summed E-state index contributed by atoms with van der Waals surface area (Å²) < 4.78 is 36.4. The van der Waals surface area contributed by atoms with Crippen LogP contribution in [0.4, 0.5) is 13.2 Å². The molecule has 0 aromatic heterocycles. The first-order valence-electron chi connectivity index (χ1n) is 5.40. The number of halogens is 3. The summed E-state index contributed by atoms with van der Waals surface area (Å²) >= 11 is 0. The van der Waals surface area contributed by atoms with Gasteiger partial charge in [0.15, 0.2) is 0 Å². The number of carbonyl (C=O) groups is 1. The van der Waals surface area contributed by atoms with Crippen LogP contribution in [0, 0.1) is 5.92 Å². The predicted molar refractivity (Wildman–Crippen MR) is 53.9 cm³/mol. The summed E-state index contributed by atoms with van der Waals surface area (Å²) in [5, 5.41) is 3.16. The maximum absolute atomic E-state index is 12.1. The molecule has 94 valence electrons. The van der Waals surface area contributed by atoms with Crippen LogP contribution in [0.1, 0.15) is 20.3 Å². The molecule has 1 aliphatic heterocycles. The van der Waals surface area contributed by atoms with E-state index in [-0.39, 0.29) is 19.1 Å². The number of likely N-dealkylation sites (tertiary alicyclic amines) is 1. The molecule has 1 rings (SSSR count). The smallest absolute Gasteiger partial charge is 0.333 e. The fraction of sp³-hybridized carbons (Fsp3) is 0.900. The molecule has 0 spiro atoms. The van der Waals surface area contributed by atoms with Crippen molar-refractivity contribution >= 4 is 5.91 Å². The maximum atomic E-state index is 12.1. The van der Waals surface area contributed by atoms with Gasteiger partial charge in [-0.05, 0) is 18.9 Å². The number of hydrogen-bond donors (Lipinski definition) is 1. The highest BCUT2D eigenvalue weighted by atomic mass is 19.4. The zero-order valence-corrected chi connectivity index (χ0v) is 9.47. The van der Waals surface area contributed by atoms with E-state index in [1.54, 1.807) is 0 Å². The minimum absolute atomic E-state index is 0.00583. The lowest BCUT2D eigenvalue weighted by Gasteiger charge is -2.18. The number of rotatable bonds is 3. The van der Waals surface area contributed by atoms with Crippen LogP contribution in [-0.4, -0.2) is 42.7 Å². The molecule has 16 heavy (non-hydrogen) atoms. The summed E-state index contributed by atoms with van der Waals surface area (Å²) in [6.45, 7) is 5.17. The summed E-state index contributed by atoms with van der Waals surface area (Å²) in [4.78, 5) is 11.8. The first-order chi connectivity index (χ1) is 7.30. The van der Waals surface area contributed by atoms with Gasteiger partial charge >= 0.3 is 12.1 Å². The van der Waals surface area contributed by atoms with Gasteiger partial charge in [-0.3, -0.25) is 4.79 Å². The van der Waals surface area contributed by atoms with Gasteiger partial charge in [-0.2, -0.15) is 13.2 Å². The number of amides is 1. The van der Waals surface area contributed by atoms with Crippen LogP contribution in [-0.2, 0) is 4.79 Å². The number of carbonyl (C=O) groups excluding carboxylic acids is 1. The lowest BCUT2D eigenvalue weighted by molar-refractivity contribution is -0.184. The Morgan fingerprint density at radius 1 is 1.50 bits per heavy atom. The van der Waals surface area contributed by atoms with E-state index in [1.165, 1.54) is 0 Å². The Labute approximate surface area is 93.0 Å². The van der Waals surface area contributed by atoms with Crippen molar-refractivity contribution in [2.45, 2.75) is 32.5 Å². The normalized spacial score (nSPS) is 21.9. The second-order valence-electron chi connectivity index (χ2n) is 4.54. The molecule has 1 saturated heterocycles. The Morgan fingerprint density at radius 3 is 2.62 bits per heavy atom. The van der Waals surface area contributed by atoms with Gasteiger partial charge in [-0.1, -0.05) is 13.8 Å². The first-order valence-corrected chi connectivity index (χ1v) is 5.40. The van der Waals surface area contributed by atoms with Gasteiger partial charge in [0.1, 0.15) is 0 Å². The van der Waals surface area contributed by atoms with Crippen LogP contribution < -0.4 is 5.32 Å². The van der Waals surface area contributed by atoms with Crippen LogP contribution in [0.5, 0.6) is 0 Å². The van der Waals surface area contributed by atoms with E-state index >= 15 is 0 Å². The quantitative estimate of drug-likeness (QED) is 0.806. The van der Waals surface area contributed by atoms with Crippen LogP contribution in [0.25, 0.3) is 0 Å². The second-order valence-corrected chi connectivity index (χ2v) is 4.54. The minimum atomic E-state index is -4.74. The third-order valence-corrected chi connectivity index (χ3v) is 2.53. The van der Waals surface area contributed by atoms with Gasteiger partial charge in [0.25, 0.3) is 0 Å². The van der Waals surface area contributed by atoms with E-state index in [2.05, 4.69) is 5.32 Å². The molecule has 6 heteroatoms. The molecule has 1 heterocycles. The number of nitrogens with zero attached hydrogens (tertiary/aromatic N) is 1. The van der Waals surface area contributed by atoms with Gasteiger partial charge in [-0.25, -0.2) is 0 Å². The zero-order valence-electron chi connectivity index (χ0n) is 9.47. The van der Waals surface area contributed by atoms with Gasteiger partial charge in [0.05, 0.1) is 0 Å². The SMILES string of the molecule is CC(C)CN[C@@H]1CCN(C(=O)C(F)(F)F)C1. The average molecular weight is 238 g/mol. The molecule has 0 aliphatic carbocycles. The second kappa shape index (κ2) is 5.03. The van der Waals surface area contributed by atoms with E-state index in [0.717, 1.165) is 11.4 Å². The van der Waals surface area contributed by atoms with E-state index < -0.39 is 12.1 Å². The molecule has 0 unspecified atom stereocenters. The molecular formula is C10H17F3N2O. The highest BCUT2D eigenvalue weighted by molar-refractivity contribution is 5.82. The van der Waals surface area contributed by atoms with Crippen molar-refractivity contribution in [2.24, 2.45) is 5.92 Å². The lowest BCUT2D eigenvalue weighted by Crippen LogP contribution is -2.42. The Kier molecular flexibility index (Phi) is 4.18. The number of hydrogen-bond acceptors (Lipinski definition) is 2. The highest BCUT2D eigenvalue weighted by Gasteiger charge is 2.44. The molecule has 1 aliphatic rings. The summed E-state index contributed by atoms with van der Waals surface area (Å²) in [6, 6.07) is -0.00583. The average Bonchev–Trinajstić information content (AvgIpc) is 2.60. The Morgan fingerprint density at radius 2 is 2.12 bits per heavy atom. The van der Waals surface area contributed by atoms with E-state index in [1.807, 2.05) is 13.8 Å². The standard InChI is InChI=1S/C10H17F3N2O/c1-7(2)5-14-8-3-4-15(6-8)9(16)10(11,12)13/h7-8,14H,3-6H2,1-2H3/t8-/m1/s1. The summed E-state index contributed by atoms with van der Waals surface area (Å²) in [5.41, 5.74) is 0. The third-order valence-electron chi connectivity index (χ3n) is 2.53. The van der Waals surface area contributed by atoms with Crippen molar-refractivity contribution in [3.8, 4) is 0 Å². The molecule has 0 aromatic carbocycles. The molecule has 0 radical (unpaired) electrons. The highest BCUT2D eigenvalue weighted by Crippen LogP contribution is 2.21. The molecule has 0 bridgehead atoms. The van der Waals surface area contributed by atoms with Crippen molar-refractivity contribution in [1.29, 1.82) is 0 Å². The maximum Gasteiger partial charge on any atom is 0.471 e. The third kappa shape index (κ3) is 3.66. The van der Waals surface area contributed by atoms with Crippen LogP contribution >= 0.6 is 0 Å². The number of nitrogens with one attached hydrogen (secondary N) is 1. The summed E-state index contributed by atoms with van der Waals surface area (Å²) in [7, 11) is 0. The lowest BCUT2D eigenvalue weighted by atomic mass is 10.2. The summed E-state index contributed by atoms with van der Waals surface area (Å²) in [5.74, 6) is -1.27. The minimum Gasteiger partial charge on any atom is -0.333 e. The number of alkyl halides is 3. The monoisotopic (exact) mass is 238 g/mol. The molecular weight excluding hydrogens is 221 g/mol. The Bertz CT molecular complexity index is 253. The first kappa shape index (κ1) is 13.3. The Balaban J connectivity index is 2.38. The van der Waals surface area contributed by atoms with Crippen molar-refractivity contribution in [1.82, 2.24) is 10.2 Å².